The van der Waals surface area contributed by atoms with Crippen LogP contribution in [-0.2, 0) is 0 Å². The summed E-state index contributed by atoms with van der Waals surface area (Å²) in [6, 6.07) is 18.0. The molecule has 26 heavy (non-hydrogen) atoms. The van der Waals surface area contributed by atoms with Crippen molar-refractivity contribution in [2.45, 2.75) is 31.8 Å². The average molecular weight is 570 g/mol. The standard InChI is InChI=1S/C21H24N4.U/c1-15(25-13-6-7-14-25)20(17-9-4-3-5-10-17)24-19-12-8-11-18-21(19)23-16(2)22-18;/h3-5,8-9,11-12,15,20,24H,1,6-7,13-14H2,2H3,(H,22,23);/q-2;+2/t15-,20+;/m0./s1. The number of hydrogen-bond donors (Lipinski definition) is 2. The van der Waals surface area contributed by atoms with E-state index < -0.39 is 0 Å². The molecule has 1 aliphatic rings. The van der Waals surface area contributed by atoms with Crippen LogP contribution in [0.2, 0.25) is 0 Å². The van der Waals surface area contributed by atoms with E-state index in [1.165, 1.54) is 12.8 Å². The zero-order chi connectivity index (χ0) is 17.2. The Balaban J connectivity index is 0.00000196. The van der Waals surface area contributed by atoms with Crippen molar-refractivity contribution in [3.8, 4) is 0 Å². The number of imidazole rings is 1. The molecule has 132 valence electrons. The van der Waals surface area contributed by atoms with Crippen LogP contribution in [0.15, 0.2) is 42.5 Å². The van der Waals surface area contributed by atoms with Gasteiger partial charge in [0.1, 0.15) is 11.3 Å². The molecule has 1 fully saturated rings. The van der Waals surface area contributed by atoms with Gasteiger partial charge in [-0.25, -0.2) is 4.98 Å². The summed E-state index contributed by atoms with van der Waals surface area (Å²) in [5.41, 5.74) is 4.21. The van der Waals surface area contributed by atoms with Crippen molar-refractivity contribution in [1.29, 1.82) is 0 Å². The monoisotopic (exact) mass is 570 g/mol. The van der Waals surface area contributed by atoms with Crippen LogP contribution in [0.3, 0.4) is 0 Å². The van der Waals surface area contributed by atoms with E-state index in [9.17, 15) is 0 Å². The molecule has 0 bridgehead atoms. The van der Waals surface area contributed by atoms with Gasteiger partial charge >= 0.3 is 31.1 Å². The third-order valence-corrected chi connectivity index (χ3v) is 5.00. The number of aromatic amines is 1. The van der Waals surface area contributed by atoms with Crippen LogP contribution in [-0.4, -0.2) is 34.0 Å². The van der Waals surface area contributed by atoms with Crippen molar-refractivity contribution in [2.24, 2.45) is 0 Å². The van der Waals surface area contributed by atoms with Gasteiger partial charge in [-0.2, -0.15) is 30.3 Å². The van der Waals surface area contributed by atoms with Crippen LogP contribution in [0.4, 0.5) is 5.69 Å². The van der Waals surface area contributed by atoms with E-state index in [4.69, 9.17) is 0 Å². The minimum atomic E-state index is 0. The Labute approximate surface area is 179 Å². The molecule has 2 heterocycles. The molecule has 3 aromatic rings. The van der Waals surface area contributed by atoms with Crippen molar-refractivity contribution < 1.29 is 31.1 Å². The Kier molecular flexibility index (Phi) is 6.45. The Bertz CT molecular complexity index is 840. The second-order valence-electron chi connectivity index (χ2n) is 6.77. The molecule has 2 atom stereocenters. The predicted molar refractivity (Wildman–Crippen MR) is 102 cm³/mol. The molecule has 5 heteroatoms. The van der Waals surface area contributed by atoms with Gasteiger partial charge in [-0.05, 0) is 45.0 Å². The first-order valence-corrected chi connectivity index (χ1v) is 8.98. The summed E-state index contributed by atoms with van der Waals surface area (Å²) >= 11 is 0. The van der Waals surface area contributed by atoms with E-state index in [2.05, 4.69) is 63.5 Å². The number of nitrogens with zero attached hydrogens (tertiary/aromatic N) is 2. The van der Waals surface area contributed by atoms with Gasteiger partial charge < -0.3 is 22.1 Å². The molecule has 0 saturated carbocycles. The molecular weight excluding hydrogens is 546 g/mol. The van der Waals surface area contributed by atoms with Crippen molar-refractivity contribution in [2.75, 3.05) is 18.4 Å². The fourth-order valence-corrected chi connectivity index (χ4v) is 3.71. The molecule has 1 saturated heterocycles. The quantitative estimate of drug-likeness (QED) is 0.454. The molecule has 0 radical (unpaired) electrons. The number of likely N-dealkylation sites (tertiary alicyclic amines) is 1. The molecule has 2 N–H and O–H groups in total. The van der Waals surface area contributed by atoms with Crippen molar-refractivity contribution >= 4 is 16.7 Å². The van der Waals surface area contributed by atoms with Crippen molar-refractivity contribution in [3.63, 3.8) is 0 Å². The van der Waals surface area contributed by atoms with Crippen LogP contribution in [0.25, 0.3) is 11.0 Å². The van der Waals surface area contributed by atoms with Crippen LogP contribution < -0.4 is 5.32 Å². The van der Waals surface area contributed by atoms with Gasteiger partial charge in [0, 0.05) is 6.04 Å². The first kappa shape index (κ1) is 19.5. The molecule has 0 unspecified atom stereocenters. The third-order valence-electron chi connectivity index (χ3n) is 5.00. The minimum Gasteiger partial charge on any atom is -0.380 e. The molecule has 2 aromatic carbocycles. The number of H-pyrrole nitrogens is 1. The largest absolute Gasteiger partial charge is 2.00 e. The Hall–Kier alpha value is -1.28. The van der Waals surface area contributed by atoms with Gasteiger partial charge in [0.05, 0.1) is 11.2 Å². The number of hydrogen-bond acceptors (Lipinski definition) is 3. The van der Waals surface area contributed by atoms with Crippen molar-refractivity contribution in [3.05, 3.63) is 66.8 Å². The SMILES string of the molecule is [CH2-][C@@H]([C@@H](Nc1cccc2[nH]c(C)nc12)c1[c-]cccc1)N1CCCC1.[U+2]. The fraction of sp³-hybridized carbons (Fsp3) is 0.333. The molecule has 4 rings (SSSR count). The van der Waals surface area contributed by atoms with Crippen LogP contribution in [0.1, 0.15) is 30.3 Å². The first-order chi connectivity index (χ1) is 12.2. The van der Waals surface area contributed by atoms with E-state index in [1.807, 2.05) is 19.1 Å². The summed E-state index contributed by atoms with van der Waals surface area (Å²) in [5, 5.41) is 3.71. The number of para-hydroxylation sites is 1. The number of anilines is 1. The van der Waals surface area contributed by atoms with Gasteiger partial charge in [-0.1, -0.05) is 12.1 Å². The Morgan fingerprint density at radius 2 is 2.00 bits per heavy atom. The van der Waals surface area contributed by atoms with Gasteiger partial charge in [0.2, 0.25) is 0 Å². The zero-order valence-electron chi connectivity index (χ0n) is 15.1. The average Bonchev–Trinajstić information content (AvgIpc) is 3.29. The second kappa shape index (κ2) is 8.61. The molecule has 1 aromatic heterocycles. The smallest absolute Gasteiger partial charge is 0.380 e. The molecule has 0 amide bonds. The first-order valence-electron chi connectivity index (χ1n) is 8.98. The van der Waals surface area contributed by atoms with E-state index in [0.29, 0.717) is 0 Å². The third kappa shape index (κ3) is 4.01. The van der Waals surface area contributed by atoms with Gasteiger partial charge in [0.15, 0.2) is 0 Å². The normalized spacial score (nSPS) is 17.0. The maximum Gasteiger partial charge on any atom is 2.00 e. The number of aryl methyl sites for hydroxylation is 1. The Morgan fingerprint density at radius 3 is 2.73 bits per heavy atom. The molecular formula is C21H24N4U. The number of benzene rings is 2. The topological polar surface area (TPSA) is 44.0 Å². The van der Waals surface area contributed by atoms with Crippen molar-refractivity contribution in [1.82, 2.24) is 14.9 Å². The van der Waals surface area contributed by atoms with Crippen LogP contribution in [0, 0.1) is 51.0 Å². The maximum atomic E-state index is 4.65. The minimum absolute atomic E-state index is 0. The van der Waals surface area contributed by atoms with Gasteiger partial charge in [0.25, 0.3) is 0 Å². The summed E-state index contributed by atoms with van der Waals surface area (Å²) in [6.07, 6.45) is 2.51. The second-order valence-corrected chi connectivity index (χ2v) is 6.77. The molecule has 0 spiro atoms. The summed E-state index contributed by atoms with van der Waals surface area (Å²) in [4.78, 5) is 10.4. The number of fused-ring (bicyclic) bond motifs is 1. The zero-order valence-corrected chi connectivity index (χ0v) is 19.3. The number of rotatable bonds is 5. The van der Waals surface area contributed by atoms with Crippen LogP contribution in [0.5, 0.6) is 0 Å². The van der Waals surface area contributed by atoms with E-state index in [-0.39, 0.29) is 43.2 Å². The summed E-state index contributed by atoms with van der Waals surface area (Å²) in [6.45, 7) is 8.71. The van der Waals surface area contributed by atoms with Gasteiger partial charge in [-0.3, -0.25) is 0 Å². The molecule has 0 aliphatic carbocycles. The fourth-order valence-electron chi connectivity index (χ4n) is 3.71. The summed E-state index contributed by atoms with van der Waals surface area (Å²) < 4.78 is 0. The maximum absolute atomic E-state index is 4.65. The Morgan fingerprint density at radius 1 is 1.19 bits per heavy atom. The van der Waals surface area contributed by atoms with E-state index in [0.717, 1.165) is 41.2 Å². The van der Waals surface area contributed by atoms with E-state index in [1.54, 1.807) is 0 Å². The van der Waals surface area contributed by atoms with E-state index >= 15 is 0 Å². The molecule has 1 aliphatic heterocycles. The number of aromatic nitrogens is 2. The predicted octanol–water partition coefficient (Wildman–Crippen LogP) is 4.12. The summed E-state index contributed by atoms with van der Waals surface area (Å²) in [5.74, 6) is 0.929. The van der Waals surface area contributed by atoms with Gasteiger partial charge in [-0.15, -0.1) is 5.56 Å². The number of nitrogens with one attached hydrogen (secondary N) is 2. The van der Waals surface area contributed by atoms with Crippen LogP contribution >= 0.6 is 0 Å². The summed E-state index contributed by atoms with van der Waals surface area (Å²) in [7, 11) is 0. The molecule has 4 nitrogen and oxygen atoms in total.